The molecule has 3 aromatic rings. The zero-order chi connectivity index (χ0) is 35.5. The molecule has 1 saturated carbocycles. The van der Waals surface area contributed by atoms with Gasteiger partial charge in [-0.15, -0.1) is 34.5 Å². The van der Waals surface area contributed by atoms with Gasteiger partial charge in [0.15, 0.2) is 44.5 Å². The summed E-state index contributed by atoms with van der Waals surface area (Å²) in [5.41, 5.74) is -1.66. The predicted molar refractivity (Wildman–Crippen MR) is 166 cm³/mol. The van der Waals surface area contributed by atoms with Gasteiger partial charge in [-0.05, 0) is 47.9 Å². The van der Waals surface area contributed by atoms with Crippen LogP contribution in [-0.4, -0.2) is 50.5 Å². The molecule has 256 valence electrons. The molecule has 2 saturated heterocycles. The van der Waals surface area contributed by atoms with Crippen LogP contribution in [0.25, 0.3) is 0 Å². The Balaban J connectivity index is 1.44. The van der Waals surface area contributed by atoms with Gasteiger partial charge in [0.1, 0.15) is 5.69 Å². The van der Waals surface area contributed by atoms with Gasteiger partial charge in [-0.25, -0.2) is 26.9 Å². The van der Waals surface area contributed by atoms with Crippen molar-refractivity contribution in [3.63, 3.8) is 0 Å². The Labute approximate surface area is 292 Å². The van der Waals surface area contributed by atoms with Gasteiger partial charge in [0.2, 0.25) is 17.6 Å². The summed E-state index contributed by atoms with van der Waals surface area (Å²) in [6, 6.07) is 5.87. The zero-order valence-electron chi connectivity index (χ0n) is 24.7. The molecular weight excluding hydrogens is 742 g/mol. The number of rotatable bonds is 5. The van der Waals surface area contributed by atoms with Crippen molar-refractivity contribution in [3.05, 3.63) is 85.8 Å². The van der Waals surface area contributed by atoms with Gasteiger partial charge in [-0.3, -0.25) is 24.1 Å². The molecule has 49 heavy (non-hydrogen) atoms. The van der Waals surface area contributed by atoms with Crippen LogP contribution in [0.4, 0.5) is 27.6 Å². The maximum Gasteiger partial charge on any atom is 0.258 e. The summed E-state index contributed by atoms with van der Waals surface area (Å²) in [6.45, 7) is -0.0323. The number of ether oxygens (including phenoxy) is 1. The number of amides is 4. The number of alkyl halides is 2. The molecule has 4 amide bonds. The van der Waals surface area contributed by atoms with Crippen LogP contribution in [0.2, 0.25) is 5.02 Å². The Hall–Kier alpha value is -3.72. The number of nitrogens with zero attached hydrogens (tertiary/aromatic N) is 2. The van der Waals surface area contributed by atoms with Crippen LogP contribution in [0.3, 0.4) is 0 Å². The lowest BCUT2D eigenvalue weighted by atomic mass is 9.56. The number of phenolic OH excluding ortho intramolecular Hbond substituents is 1. The maximum atomic E-state index is 15.2. The topological polar surface area (TPSA) is 104 Å². The molecule has 3 fully saturated rings. The lowest BCUT2D eigenvalue weighted by Gasteiger charge is -2.50. The van der Waals surface area contributed by atoms with E-state index in [0.717, 1.165) is 4.90 Å². The third-order valence-corrected chi connectivity index (χ3v) is 12.4. The summed E-state index contributed by atoms with van der Waals surface area (Å²) >= 11 is 21.8. The van der Waals surface area contributed by atoms with Gasteiger partial charge >= 0.3 is 0 Å². The molecule has 2 aliphatic carbocycles. The van der Waals surface area contributed by atoms with Crippen molar-refractivity contribution in [2.24, 2.45) is 17.8 Å². The number of benzene rings is 2. The molecule has 0 bridgehead atoms. The number of allylic oxidation sites excluding steroid dienone is 2. The van der Waals surface area contributed by atoms with Gasteiger partial charge in [-0.2, -0.15) is 0 Å². The first-order chi connectivity index (χ1) is 23.1. The number of fused-ring (bicyclic) bond motifs is 4. The maximum absolute atomic E-state index is 15.2. The van der Waals surface area contributed by atoms with Crippen molar-refractivity contribution < 1.29 is 51.0 Å². The number of phenols is 1. The second-order valence-electron chi connectivity index (χ2n) is 12.1. The number of hydrogen-bond acceptors (Lipinski definition) is 7. The molecule has 1 N–H and O–H groups in total. The third-order valence-electron chi connectivity index (χ3n) is 9.81. The predicted octanol–water partition coefficient (Wildman–Crippen LogP) is 6.57. The summed E-state index contributed by atoms with van der Waals surface area (Å²) in [5, 5.41) is 11.9. The summed E-state index contributed by atoms with van der Waals surface area (Å²) in [5.74, 6) is -22.1. The second kappa shape index (κ2) is 11.4. The molecule has 6 atom stereocenters. The Morgan fingerprint density at radius 1 is 0.959 bits per heavy atom. The molecule has 2 aromatic carbocycles. The first-order valence-electron chi connectivity index (χ1n) is 14.5. The van der Waals surface area contributed by atoms with Gasteiger partial charge in [-0.1, -0.05) is 29.3 Å². The SMILES string of the molecule is COc1cc([C@H]2C3=CC[C@@H]4C(=O)N(Cc5cccs5)C(=O)[C@@H]4[C@@H]3C[C@@]3(Cl)C(=O)N(c4c(F)c(F)c(F)c(F)c4F)C(=O)[C@@]23Cl)cc(Cl)c1O. The number of carbonyl (C=O) groups is 4. The Morgan fingerprint density at radius 2 is 1.61 bits per heavy atom. The normalized spacial score (nSPS) is 29.3. The van der Waals surface area contributed by atoms with E-state index in [4.69, 9.17) is 39.5 Å². The van der Waals surface area contributed by atoms with E-state index >= 15 is 8.78 Å². The summed E-state index contributed by atoms with van der Waals surface area (Å²) in [4.78, 5) is 52.4. The molecule has 8 nitrogen and oxygen atoms in total. The minimum atomic E-state index is -2.74. The van der Waals surface area contributed by atoms with E-state index in [1.165, 1.54) is 30.6 Å². The Bertz CT molecular complexity index is 2020. The van der Waals surface area contributed by atoms with Gasteiger partial charge in [0.25, 0.3) is 11.8 Å². The van der Waals surface area contributed by atoms with E-state index < -0.39 is 104 Å². The van der Waals surface area contributed by atoms with E-state index in [1.54, 1.807) is 23.6 Å². The third kappa shape index (κ3) is 4.39. The number of aromatic hydroxyl groups is 1. The highest BCUT2D eigenvalue weighted by molar-refractivity contribution is 7.09. The number of carbonyl (C=O) groups excluding carboxylic acids is 4. The van der Waals surface area contributed by atoms with Crippen molar-refractivity contribution in [1.29, 1.82) is 0 Å². The standard InChI is InChI=1S/C32H20Cl3F5N2O6S/c1-48-17-8-11(7-16(33)26(17)43)19-13-4-5-14-18(28(45)41(27(14)44)10-12-3-2-6-49-12)15(13)9-31(34)29(46)42(30(47)32(19,31)35)25-23(39)21(37)20(36)22(38)24(25)40/h2-4,6-8,14-15,18-19,43H,5,9-10H2,1H3/t14-,15+,18-,19-,31+,32-/m0/s1. The molecule has 4 aliphatic rings. The van der Waals surface area contributed by atoms with E-state index in [-0.39, 0.29) is 39.8 Å². The van der Waals surface area contributed by atoms with Crippen LogP contribution in [0.1, 0.15) is 29.2 Å². The highest BCUT2D eigenvalue weighted by Crippen LogP contribution is 2.66. The van der Waals surface area contributed by atoms with Crippen molar-refractivity contribution in [2.75, 3.05) is 12.0 Å². The lowest BCUT2D eigenvalue weighted by Crippen LogP contribution is -2.60. The number of anilines is 1. The second-order valence-corrected chi connectivity index (χ2v) is 14.8. The van der Waals surface area contributed by atoms with Crippen molar-refractivity contribution in [3.8, 4) is 11.5 Å². The van der Waals surface area contributed by atoms with Crippen molar-refractivity contribution >= 4 is 75.5 Å². The molecule has 2 aliphatic heterocycles. The fourth-order valence-electron chi connectivity index (χ4n) is 7.64. The number of likely N-dealkylation sites (tertiary alicyclic amines) is 1. The first-order valence-corrected chi connectivity index (χ1v) is 16.5. The number of hydrogen-bond donors (Lipinski definition) is 1. The van der Waals surface area contributed by atoms with E-state index in [0.29, 0.717) is 4.88 Å². The van der Waals surface area contributed by atoms with Crippen molar-refractivity contribution in [1.82, 2.24) is 4.90 Å². The molecule has 0 radical (unpaired) electrons. The fourth-order valence-corrected chi connectivity index (χ4v) is 9.48. The van der Waals surface area contributed by atoms with Crippen LogP contribution >= 0.6 is 46.1 Å². The zero-order valence-corrected chi connectivity index (χ0v) is 27.8. The molecular formula is C32H20Cl3F5N2O6S. The average molecular weight is 762 g/mol. The van der Waals surface area contributed by atoms with Crippen LogP contribution in [0, 0.1) is 46.8 Å². The smallest absolute Gasteiger partial charge is 0.258 e. The number of imide groups is 2. The minimum Gasteiger partial charge on any atom is -0.503 e. The number of methoxy groups -OCH3 is 1. The van der Waals surface area contributed by atoms with E-state index in [2.05, 4.69) is 0 Å². The average Bonchev–Trinajstić information content (AvgIpc) is 3.72. The molecule has 3 heterocycles. The van der Waals surface area contributed by atoms with Crippen LogP contribution in [-0.2, 0) is 25.7 Å². The molecule has 7 rings (SSSR count). The largest absolute Gasteiger partial charge is 0.503 e. The summed E-state index contributed by atoms with van der Waals surface area (Å²) in [7, 11) is 1.19. The first kappa shape index (κ1) is 33.8. The Kier molecular flexibility index (Phi) is 7.86. The highest BCUT2D eigenvalue weighted by Gasteiger charge is 2.77. The highest BCUT2D eigenvalue weighted by atomic mass is 35.5. The van der Waals surface area contributed by atoms with Crippen LogP contribution in [0.15, 0.2) is 41.3 Å². The fraction of sp³-hybridized carbons (Fsp3) is 0.312. The monoisotopic (exact) mass is 760 g/mol. The molecule has 0 spiro atoms. The van der Waals surface area contributed by atoms with Gasteiger partial charge < -0.3 is 9.84 Å². The summed E-state index contributed by atoms with van der Waals surface area (Å²) in [6.07, 6.45) is 0.892. The van der Waals surface area contributed by atoms with E-state index in [9.17, 15) is 37.5 Å². The van der Waals surface area contributed by atoms with Gasteiger partial charge in [0, 0.05) is 10.8 Å². The molecule has 1 aromatic heterocycles. The quantitative estimate of drug-likeness (QED) is 0.0788. The molecule has 17 heteroatoms. The Morgan fingerprint density at radius 3 is 2.22 bits per heavy atom. The van der Waals surface area contributed by atoms with Crippen LogP contribution in [0.5, 0.6) is 11.5 Å². The summed E-state index contributed by atoms with van der Waals surface area (Å²) < 4.78 is 78.4. The van der Waals surface area contributed by atoms with E-state index in [1.807, 2.05) is 0 Å². The molecule has 0 unspecified atom stereocenters. The number of halogens is 8. The van der Waals surface area contributed by atoms with Crippen molar-refractivity contribution in [2.45, 2.75) is 35.1 Å². The number of thiophene rings is 1. The van der Waals surface area contributed by atoms with Crippen LogP contribution < -0.4 is 9.64 Å². The minimum absolute atomic E-state index is 0.0123. The van der Waals surface area contributed by atoms with Gasteiger partial charge in [0.05, 0.1) is 30.5 Å². The lowest BCUT2D eigenvalue weighted by molar-refractivity contribution is -0.141.